The number of unbranched alkanes of at least 4 members (excludes halogenated alkanes) is 3. The molecule has 0 bridgehead atoms. The van der Waals surface area contributed by atoms with Gasteiger partial charge in [0.15, 0.2) is 0 Å². The van der Waals surface area contributed by atoms with E-state index in [0.29, 0.717) is 0 Å². The monoisotopic (exact) mass is 422 g/mol. The number of hydrogen-bond acceptors (Lipinski definition) is 2. The van der Waals surface area contributed by atoms with Crippen LogP contribution in [0.5, 0.6) is 0 Å². The minimum atomic E-state index is -3.81. The Labute approximate surface area is 145 Å². The molecule has 6 N–H and O–H groups in total. The molecule has 0 aliphatic rings. The van der Waals surface area contributed by atoms with Crippen LogP contribution >= 0.6 is 13.4 Å². The van der Waals surface area contributed by atoms with Crippen molar-refractivity contribution in [3.05, 3.63) is 0 Å². The molecule has 0 saturated heterocycles. The molecular weight excluding hydrogens is 396 g/mol. The van der Waals surface area contributed by atoms with E-state index < -0.39 is 13.4 Å². The molecule has 0 aliphatic heterocycles. The van der Waals surface area contributed by atoms with Crippen molar-refractivity contribution < 1.29 is 48.8 Å². The summed E-state index contributed by atoms with van der Waals surface area (Å²) in [5.41, 5.74) is 0. The van der Waals surface area contributed by atoms with E-state index in [9.17, 15) is 0 Å². The molecular formula is C9H28O6P2S2Zn. The van der Waals surface area contributed by atoms with E-state index in [1.165, 1.54) is 32.1 Å². The maximum atomic E-state index is 7.56. The molecule has 6 nitrogen and oxygen atoms in total. The Balaban J connectivity index is -0.0000000504. The van der Waals surface area contributed by atoms with Crippen molar-refractivity contribution in [2.45, 2.75) is 59.8 Å². The zero-order valence-electron chi connectivity index (χ0n) is 12.6. The van der Waals surface area contributed by atoms with Gasteiger partial charge in [-0.15, -0.1) is 0 Å². The van der Waals surface area contributed by atoms with E-state index in [2.05, 4.69) is 51.3 Å². The van der Waals surface area contributed by atoms with Crippen LogP contribution in [0.15, 0.2) is 0 Å². The molecule has 0 aromatic heterocycles. The second kappa shape index (κ2) is 23.0. The Hall–Kier alpha value is 1.68. The van der Waals surface area contributed by atoms with Gasteiger partial charge in [0.2, 0.25) is 0 Å². The fourth-order valence-electron chi connectivity index (χ4n) is 0.500. The largest absolute Gasteiger partial charge is 0.325 e. The summed E-state index contributed by atoms with van der Waals surface area (Å²) in [4.78, 5) is 45.3. The Morgan fingerprint density at radius 1 is 0.650 bits per heavy atom. The molecule has 0 aromatic rings. The summed E-state index contributed by atoms with van der Waals surface area (Å²) in [6.07, 6.45) is 6.79. The van der Waals surface area contributed by atoms with Crippen LogP contribution in [0.4, 0.5) is 0 Å². The first kappa shape index (κ1) is 33.3. The predicted molar refractivity (Wildman–Crippen MR) is 87.7 cm³/mol. The maximum absolute atomic E-state index is 7.56. The molecule has 124 valence electrons. The first-order valence-corrected chi connectivity index (χ1v) is 11.2. The molecule has 20 heavy (non-hydrogen) atoms. The van der Waals surface area contributed by atoms with Crippen molar-refractivity contribution in [1.29, 1.82) is 0 Å². The zero-order chi connectivity index (χ0) is 16.5. The van der Waals surface area contributed by atoms with Gasteiger partial charge in [-0.3, -0.25) is 0 Å². The third kappa shape index (κ3) is 313. The van der Waals surface area contributed by atoms with E-state index in [0.717, 1.165) is 0 Å². The first-order chi connectivity index (χ1) is 8.33. The van der Waals surface area contributed by atoms with E-state index in [1.807, 2.05) is 0 Å². The van der Waals surface area contributed by atoms with Gasteiger partial charge in [-0.25, -0.2) is 0 Å². The normalized spacial score (nSPS) is 9.50. The summed E-state index contributed by atoms with van der Waals surface area (Å²) in [7, 11) is 0. The van der Waals surface area contributed by atoms with Crippen LogP contribution in [0, 0.1) is 0 Å². The quantitative estimate of drug-likeness (QED) is 0.232. The van der Waals surface area contributed by atoms with Gasteiger partial charge in [-0.05, 0) is 23.6 Å². The van der Waals surface area contributed by atoms with Crippen LogP contribution in [-0.2, 0) is 43.1 Å². The number of hydrogen-bond donors (Lipinski definition) is 6. The van der Waals surface area contributed by atoms with Crippen LogP contribution < -0.4 is 0 Å². The molecule has 11 heteroatoms. The summed E-state index contributed by atoms with van der Waals surface area (Å²) in [6, 6.07) is 0. The number of rotatable bonds is 3. The van der Waals surface area contributed by atoms with E-state index in [1.54, 1.807) is 0 Å². The minimum absolute atomic E-state index is 0. The third-order valence-corrected chi connectivity index (χ3v) is 0.957. The van der Waals surface area contributed by atoms with Gasteiger partial charge in [0.1, 0.15) is 0 Å². The molecule has 0 heterocycles. The van der Waals surface area contributed by atoms with Crippen molar-refractivity contribution in [1.82, 2.24) is 0 Å². The van der Waals surface area contributed by atoms with Crippen LogP contribution in [-0.4, -0.2) is 29.4 Å². The SMILES string of the molecule is CCC.CCCCCC.OP(O)(O)=S.OP(O)(O)=S.[Zn]. The van der Waals surface area contributed by atoms with Gasteiger partial charge in [0, 0.05) is 19.5 Å². The fraction of sp³-hybridized carbons (Fsp3) is 1.00. The van der Waals surface area contributed by atoms with E-state index in [-0.39, 0.29) is 19.5 Å². The maximum Gasteiger partial charge on any atom is 0.319 e. The smallest absolute Gasteiger partial charge is 0.319 e. The van der Waals surface area contributed by atoms with E-state index >= 15 is 0 Å². The van der Waals surface area contributed by atoms with Crippen LogP contribution in [0.2, 0.25) is 0 Å². The second-order valence-corrected chi connectivity index (χ2v) is 8.43. The Bertz CT molecular complexity index is 206. The predicted octanol–water partition coefficient (Wildman–Crippen LogP) is 2.38. The average molecular weight is 424 g/mol. The molecule has 0 saturated carbocycles. The third-order valence-electron chi connectivity index (χ3n) is 0.957. The van der Waals surface area contributed by atoms with Crippen LogP contribution in [0.3, 0.4) is 0 Å². The summed E-state index contributed by atoms with van der Waals surface area (Å²) < 4.78 is 0. The molecule has 0 atom stereocenters. The van der Waals surface area contributed by atoms with Crippen molar-refractivity contribution in [3.8, 4) is 0 Å². The van der Waals surface area contributed by atoms with Crippen molar-refractivity contribution in [2.75, 3.05) is 0 Å². The summed E-state index contributed by atoms with van der Waals surface area (Å²) >= 11 is 7.21. The topological polar surface area (TPSA) is 121 Å². The van der Waals surface area contributed by atoms with Gasteiger partial charge in [-0.1, -0.05) is 59.8 Å². The van der Waals surface area contributed by atoms with Crippen molar-refractivity contribution in [3.63, 3.8) is 0 Å². The van der Waals surface area contributed by atoms with Crippen molar-refractivity contribution >= 4 is 37.1 Å². The average Bonchev–Trinajstić information content (AvgIpc) is 2.10. The zero-order valence-corrected chi connectivity index (χ0v) is 19.0. The molecule has 0 amide bonds. The van der Waals surface area contributed by atoms with Gasteiger partial charge < -0.3 is 29.4 Å². The summed E-state index contributed by atoms with van der Waals surface area (Å²) in [5, 5.41) is 0. The molecule has 0 aromatic carbocycles. The Kier molecular flexibility index (Phi) is 38.3. The second-order valence-electron chi connectivity index (χ2n) is 3.44. The van der Waals surface area contributed by atoms with Gasteiger partial charge in [0.05, 0.1) is 0 Å². The fourth-order valence-corrected chi connectivity index (χ4v) is 0.500. The standard InChI is InChI=1S/C6H14.C3H8.2H3O3PS.Zn/c1-3-5-6-4-2;1-3-2;2*1-4(2,3)5;/h3-6H2,1-2H3;3H2,1-2H3;2*(H3,1,2,3,5);. The first-order valence-electron chi connectivity index (χ1n) is 5.89. The van der Waals surface area contributed by atoms with Crippen LogP contribution in [0.25, 0.3) is 0 Å². The van der Waals surface area contributed by atoms with Crippen LogP contribution in [0.1, 0.15) is 59.8 Å². The molecule has 0 fully saturated rings. The Morgan fingerprint density at radius 2 is 0.750 bits per heavy atom. The van der Waals surface area contributed by atoms with Gasteiger partial charge >= 0.3 is 13.4 Å². The summed E-state index contributed by atoms with van der Waals surface area (Å²) in [6.45, 7) is 1.10. The molecule has 0 rings (SSSR count). The molecule has 0 aliphatic carbocycles. The molecule has 0 spiro atoms. The van der Waals surface area contributed by atoms with Gasteiger partial charge in [-0.2, -0.15) is 0 Å². The molecule has 0 unspecified atom stereocenters. The van der Waals surface area contributed by atoms with Crippen molar-refractivity contribution in [2.24, 2.45) is 0 Å². The van der Waals surface area contributed by atoms with Gasteiger partial charge in [0.25, 0.3) is 0 Å². The Morgan fingerprint density at radius 3 is 0.800 bits per heavy atom. The molecule has 0 radical (unpaired) electrons. The van der Waals surface area contributed by atoms with E-state index in [4.69, 9.17) is 29.4 Å². The minimum Gasteiger partial charge on any atom is -0.325 e. The summed E-state index contributed by atoms with van der Waals surface area (Å²) in [5.74, 6) is 0.